The van der Waals surface area contributed by atoms with E-state index in [9.17, 15) is 19.6 Å². The average Bonchev–Trinajstić information content (AvgIpc) is 3.27. The van der Waals surface area contributed by atoms with Crippen LogP contribution >= 0.6 is 0 Å². The van der Waals surface area contributed by atoms with Gasteiger partial charge in [-0.25, -0.2) is 4.79 Å². The molecule has 0 unspecified atom stereocenters. The van der Waals surface area contributed by atoms with Gasteiger partial charge in [-0.15, -0.1) is 0 Å². The number of aliphatic hydroxyl groups excluding tert-OH is 1. The highest BCUT2D eigenvalue weighted by Gasteiger charge is 2.35. The number of benzene rings is 1. The Bertz CT molecular complexity index is 1180. The van der Waals surface area contributed by atoms with E-state index >= 15 is 0 Å². The van der Waals surface area contributed by atoms with Crippen LogP contribution in [0.15, 0.2) is 70.2 Å². The standard InChI is InChI=1S/C24H20N2O6/c1-3-12-31-24(30)17-6-4-16(5-7-17)21-9-8-18(32-21)13-19-15(2)20(14-25)23(29)26(10-11-27)22(19)28/h3-9,13,27H,1,10-12H2,2H3/b19-13+. The molecule has 8 nitrogen and oxygen atoms in total. The Balaban J connectivity index is 1.89. The Hall–Kier alpha value is -4.22. The number of esters is 1. The van der Waals surface area contributed by atoms with E-state index in [-0.39, 0.29) is 29.9 Å². The van der Waals surface area contributed by atoms with Crippen molar-refractivity contribution in [1.29, 1.82) is 5.26 Å². The monoisotopic (exact) mass is 432 g/mol. The number of nitriles is 1. The van der Waals surface area contributed by atoms with E-state index in [2.05, 4.69) is 6.58 Å². The van der Waals surface area contributed by atoms with Crippen LogP contribution in [0.1, 0.15) is 23.0 Å². The maximum atomic E-state index is 12.7. The number of carbonyl (C=O) groups excluding carboxylic acids is 3. The summed E-state index contributed by atoms with van der Waals surface area (Å²) in [4.78, 5) is 37.8. The minimum absolute atomic E-state index is 0.123. The summed E-state index contributed by atoms with van der Waals surface area (Å²) in [6, 6.07) is 11.8. The SMILES string of the molecule is C=CCOC(=O)c1ccc(-c2ccc(/C=C3/C(=O)N(CCO)C(=O)C(C#N)=C3C)o2)cc1. The first-order valence-corrected chi connectivity index (χ1v) is 9.69. The van der Waals surface area contributed by atoms with Crippen LogP contribution in [0.5, 0.6) is 0 Å². The molecule has 0 bridgehead atoms. The highest BCUT2D eigenvalue weighted by molar-refractivity contribution is 6.19. The van der Waals surface area contributed by atoms with Crippen molar-refractivity contribution in [3.8, 4) is 17.4 Å². The van der Waals surface area contributed by atoms with Crippen LogP contribution in [0, 0.1) is 11.3 Å². The van der Waals surface area contributed by atoms with E-state index in [4.69, 9.17) is 14.3 Å². The van der Waals surface area contributed by atoms with Gasteiger partial charge in [-0.2, -0.15) is 5.26 Å². The molecule has 1 aliphatic rings. The summed E-state index contributed by atoms with van der Waals surface area (Å²) in [7, 11) is 0. The summed E-state index contributed by atoms with van der Waals surface area (Å²) in [5.41, 5.74) is 1.31. The zero-order valence-corrected chi connectivity index (χ0v) is 17.3. The molecule has 8 heteroatoms. The molecule has 1 N–H and O–H groups in total. The van der Waals surface area contributed by atoms with Gasteiger partial charge in [0.05, 0.1) is 18.7 Å². The Morgan fingerprint density at radius 1 is 1.22 bits per heavy atom. The fourth-order valence-electron chi connectivity index (χ4n) is 3.15. The molecule has 2 aromatic rings. The Kier molecular flexibility index (Phi) is 6.83. The summed E-state index contributed by atoms with van der Waals surface area (Å²) in [6.07, 6.45) is 2.94. The van der Waals surface area contributed by atoms with Crippen molar-refractivity contribution in [3.63, 3.8) is 0 Å². The normalized spacial score (nSPS) is 15.2. The predicted molar refractivity (Wildman–Crippen MR) is 115 cm³/mol. The molecule has 0 saturated carbocycles. The summed E-state index contributed by atoms with van der Waals surface area (Å²) in [5, 5.41) is 18.5. The smallest absolute Gasteiger partial charge is 0.338 e. The molecule has 0 saturated heterocycles. The van der Waals surface area contributed by atoms with Gasteiger partial charge in [0.2, 0.25) is 0 Å². The topological polar surface area (TPSA) is 121 Å². The first-order valence-electron chi connectivity index (χ1n) is 9.69. The number of nitrogens with zero attached hydrogens (tertiary/aromatic N) is 2. The molecule has 162 valence electrons. The number of hydrogen-bond acceptors (Lipinski definition) is 7. The van der Waals surface area contributed by atoms with Crippen LogP contribution in [0.25, 0.3) is 17.4 Å². The van der Waals surface area contributed by atoms with Crippen molar-refractivity contribution in [3.05, 3.63) is 77.1 Å². The average molecular weight is 432 g/mol. The van der Waals surface area contributed by atoms with E-state index in [1.54, 1.807) is 36.4 Å². The number of hydrogen-bond donors (Lipinski definition) is 1. The van der Waals surface area contributed by atoms with Crippen LogP contribution in [0.4, 0.5) is 0 Å². The zero-order valence-electron chi connectivity index (χ0n) is 17.3. The number of β-amino-alcohol motifs (C(OH)–C–C–N with tert-alkyl or cyclic N) is 1. The second-order valence-electron chi connectivity index (χ2n) is 6.82. The van der Waals surface area contributed by atoms with Crippen molar-refractivity contribution in [2.45, 2.75) is 6.92 Å². The lowest BCUT2D eigenvalue weighted by Gasteiger charge is -2.26. The van der Waals surface area contributed by atoms with Gasteiger partial charge in [0.1, 0.15) is 29.8 Å². The molecule has 0 fully saturated rings. The van der Waals surface area contributed by atoms with E-state index in [1.165, 1.54) is 19.1 Å². The zero-order chi connectivity index (χ0) is 23.3. The van der Waals surface area contributed by atoms with Gasteiger partial charge in [-0.05, 0) is 42.8 Å². The third-order valence-electron chi connectivity index (χ3n) is 4.80. The van der Waals surface area contributed by atoms with Gasteiger partial charge in [-0.3, -0.25) is 14.5 Å². The number of ether oxygens (including phenoxy) is 1. The fraction of sp³-hybridized carbons (Fsp3) is 0.167. The van der Waals surface area contributed by atoms with E-state index < -0.39 is 24.4 Å². The molecule has 0 aliphatic carbocycles. The number of carbonyl (C=O) groups is 3. The van der Waals surface area contributed by atoms with Crippen molar-refractivity contribution in [2.75, 3.05) is 19.8 Å². The lowest BCUT2D eigenvalue weighted by Crippen LogP contribution is -2.44. The summed E-state index contributed by atoms with van der Waals surface area (Å²) in [5.74, 6) is -0.965. The van der Waals surface area contributed by atoms with Gasteiger partial charge in [0, 0.05) is 11.1 Å². The maximum Gasteiger partial charge on any atom is 0.338 e. The number of imide groups is 1. The van der Waals surface area contributed by atoms with Crippen molar-refractivity contribution >= 4 is 23.9 Å². The largest absolute Gasteiger partial charge is 0.458 e. The van der Waals surface area contributed by atoms with Gasteiger partial charge in [0.25, 0.3) is 11.8 Å². The lowest BCUT2D eigenvalue weighted by molar-refractivity contribution is -0.141. The first-order chi connectivity index (χ1) is 15.4. The molecule has 3 rings (SSSR count). The van der Waals surface area contributed by atoms with Gasteiger partial charge in [0.15, 0.2) is 0 Å². The molecule has 0 radical (unpaired) electrons. The van der Waals surface area contributed by atoms with Crippen molar-refractivity contribution < 1.29 is 28.6 Å². The molecule has 1 aromatic heterocycles. The lowest BCUT2D eigenvalue weighted by atomic mass is 9.95. The quantitative estimate of drug-likeness (QED) is 0.309. The minimum Gasteiger partial charge on any atom is -0.458 e. The second-order valence-corrected chi connectivity index (χ2v) is 6.82. The molecule has 1 aromatic carbocycles. The van der Waals surface area contributed by atoms with Crippen LogP contribution in [0.2, 0.25) is 0 Å². The van der Waals surface area contributed by atoms with Crippen LogP contribution < -0.4 is 0 Å². The molecule has 0 atom stereocenters. The summed E-state index contributed by atoms with van der Waals surface area (Å²) >= 11 is 0. The van der Waals surface area contributed by atoms with Crippen molar-refractivity contribution in [1.82, 2.24) is 4.90 Å². The van der Waals surface area contributed by atoms with Crippen molar-refractivity contribution in [2.24, 2.45) is 0 Å². The third-order valence-corrected chi connectivity index (χ3v) is 4.80. The highest BCUT2D eigenvalue weighted by Crippen LogP contribution is 2.29. The fourth-order valence-corrected chi connectivity index (χ4v) is 3.15. The third kappa shape index (κ3) is 4.43. The Morgan fingerprint density at radius 3 is 2.56 bits per heavy atom. The predicted octanol–water partition coefficient (Wildman–Crippen LogP) is 2.87. The summed E-state index contributed by atoms with van der Waals surface area (Å²) < 4.78 is 10.8. The maximum absolute atomic E-state index is 12.7. The number of aliphatic hydroxyl groups is 1. The number of furan rings is 1. The number of amides is 2. The molecule has 0 spiro atoms. The van der Waals surface area contributed by atoms with E-state index in [1.807, 2.05) is 6.07 Å². The second kappa shape index (κ2) is 9.73. The minimum atomic E-state index is -0.729. The molecule has 32 heavy (non-hydrogen) atoms. The number of rotatable bonds is 7. The van der Waals surface area contributed by atoms with Gasteiger partial charge >= 0.3 is 5.97 Å². The molecule has 1 aliphatic heterocycles. The Morgan fingerprint density at radius 2 is 1.94 bits per heavy atom. The summed E-state index contributed by atoms with van der Waals surface area (Å²) in [6.45, 7) is 4.51. The molecule has 2 amide bonds. The van der Waals surface area contributed by atoms with E-state index in [0.29, 0.717) is 22.6 Å². The van der Waals surface area contributed by atoms with Crippen LogP contribution in [-0.4, -0.2) is 47.5 Å². The molecule has 2 heterocycles. The Labute approximate surface area is 184 Å². The van der Waals surface area contributed by atoms with Crippen LogP contribution in [-0.2, 0) is 14.3 Å². The van der Waals surface area contributed by atoms with Crippen LogP contribution in [0.3, 0.4) is 0 Å². The van der Waals surface area contributed by atoms with Gasteiger partial charge in [-0.1, -0.05) is 24.8 Å². The molecular formula is C24H20N2O6. The van der Waals surface area contributed by atoms with Gasteiger partial charge < -0.3 is 14.3 Å². The highest BCUT2D eigenvalue weighted by atomic mass is 16.5. The first kappa shape index (κ1) is 22.5. The van der Waals surface area contributed by atoms with E-state index in [0.717, 1.165) is 4.90 Å². The molecular weight excluding hydrogens is 412 g/mol.